The Bertz CT molecular complexity index is 1080. The van der Waals surface area contributed by atoms with Crippen LogP contribution < -0.4 is 0 Å². The Morgan fingerprint density at radius 2 is 1.78 bits per heavy atom. The molecular weight excluding hydrogens is 362 g/mol. The normalized spacial score (nSPS) is 11.0. The summed E-state index contributed by atoms with van der Waals surface area (Å²) in [5.41, 5.74) is 2.40. The van der Waals surface area contributed by atoms with Crippen LogP contribution in [0.2, 0.25) is 5.02 Å². The van der Waals surface area contributed by atoms with Gasteiger partial charge in [0.25, 0.3) is 5.91 Å². The van der Waals surface area contributed by atoms with Crippen LogP contribution in [0.4, 0.5) is 0 Å². The summed E-state index contributed by atoms with van der Waals surface area (Å²) in [4.78, 5) is 15.0. The number of aryl methyl sites for hydroxylation is 1. The highest BCUT2D eigenvalue weighted by molar-refractivity contribution is 6.31. The first-order valence-corrected chi connectivity index (χ1v) is 9.04. The van der Waals surface area contributed by atoms with Crippen LogP contribution in [-0.4, -0.2) is 10.8 Å². The minimum absolute atomic E-state index is 0.194. The van der Waals surface area contributed by atoms with E-state index < -0.39 is 0 Å². The number of rotatable bonds is 5. The Morgan fingerprint density at radius 1 is 1.00 bits per heavy atom. The van der Waals surface area contributed by atoms with Crippen molar-refractivity contribution in [1.29, 1.82) is 0 Å². The predicted octanol–water partition coefficient (Wildman–Crippen LogP) is 5.83. The lowest BCUT2D eigenvalue weighted by molar-refractivity contribution is 0.0686. The van der Waals surface area contributed by atoms with Crippen molar-refractivity contribution in [3.8, 4) is 0 Å². The quantitative estimate of drug-likeness (QED) is 0.438. The average molecular weight is 380 g/mol. The van der Waals surface area contributed by atoms with Crippen molar-refractivity contribution in [3.63, 3.8) is 0 Å². The van der Waals surface area contributed by atoms with Crippen LogP contribution in [0.15, 0.2) is 75.8 Å². The first-order valence-electron chi connectivity index (χ1n) is 8.66. The van der Waals surface area contributed by atoms with Gasteiger partial charge in [0.1, 0.15) is 11.3 Å². The summed E-state index contributed by atoms with van der Waals surface area (Å²) in [6.07, 6.45) is 1.60. The monoisotopic (exact) mass is 379 g/mol. The Kier molecular flexibility index (Phi) is 4.73. The van der Waals surface area contributed by atoms with E-state index in [-0.39, 0.29) is 5.91 Å². The van der Waals surface area contributed by atoms with Crippen LogP contribution in [0.3, 0.4) is 0 Å². The SMILES string of the molecule is Cc1c(C(=O)N(Cc2ccco2)Cc2ccccc2Cl)oc2ccccc12. The highest BCUT2D eigenvalue weighted by atomic mass is 35.5. The number of nitrogens with zero attached hydrogens (tertiary/aromatic N) is 1. The van der Waals surface area contributed by atoms with Gasteiger partial charge in [0.05, 0.1) is 12.8 Å². The van der Waals surface area contributed by atoms with Crippen molar-refractivity contribution in [2.75, 3.05) is 0 Å². The molecule has 0 atom stereocenters. The van der Waals surface area contributed by atoms with Crippen LogP contribution in [0.25, 0.3) is 11.0 Å². The van der Waals surface area contributed by atoms with E-state index in [4.69, 9.17) is 20.4 Å². The molecule has 4 aromatic rings. The second-order valence-electron chi connectivity index (χ2n) is 6.38. The van der Waals surface area contributed by atoms with E-state index in [2.05, 4.69) is 0 Å². The maximum absolute atomic E-state index is 13.3. The molecule has 27 heavy (non-hydrogen) atoms. The van der Waals surface area contributed by atoms with Gasteiger partial charge in [0, 0.05) is 22.5 Å². The lowest BCUT2D eigenvalue weighted by Crippen LogP contribution is -2.30. The van der Waals surface area contributed by atoms with E-state index in [0.29, 0.717) is 35.2 Å². The van der Waals surface area contributed by atoms with Gasteiger partial charge >= 0.3 is 0 Å². The Morgan fingerprint density at radius 3 is 2.52 bits per heavy atom. The van der Waals surface area contributed by atoms with Gasteiger partial charge in [-0.3, -0.25) is 4.79 Å². The molecule has 136 valence electrons. The number of para-hydroxylation sites is 1. The first-order chi connectivity index (χ1) is 13.1. The molecule has 4 rings (SSSR count). The number of hydrogen-bond donors (Lipinski definition) is 0. The fourth-order valence-electron chi connectivity index (χ4n) is 3.14. The van der Waals surface area contributed by atoms with Crippen molar-refractivity contribution >= 4 is 28.5 Å². The number of hydrogen-bond acceptors (Lipinski definition) is 3. The zero-order chi connectivity index (χ0) is 18.8. The van der Waals surface area contributed by atoms with Crippen LogP contribution in [0.5, 0.6) is 0 Å². The smallest absolute Gasteiger partial charge is 0.290 e. The van der Waals surface area contributed by atoms with E-state index in [1.54, 1.807) is 17.2 Å². The highest BCUT2D eigenvalue weighted by Crippen LogP contribution is 2.27. The summed E-state index contributed by atoms with van der Waals surface area (Å²) in [5, 5.41) is 1.56. The molecular formula is C22H18ClNO3. The largest absolute Gasteiger partial charge is 0.467 e. The van der Waals surface area contributed by atoms with Gasteiger partial charge < -0.3 is 13.7 Å². The molecule has 0 saturated carbocycles. The average Bonchev–Trinajstić information content (AvgIpc) is 3.31. The number of carbonyl (C=O) groups is 1. The summed E-state index contributed by atoms with van der Waals surface area (Å²) in [7, 11) is 0. The van der Waals surface area contributed by atoms with E-state index in [9.17, 15) is 4.79 Å². The van der Waals surface area contributed by atoms with Gasteiger partial charge in [0.15, 0.2) is 5.76 Å². The molecule has 2 heterocycles. The van der Waals surface area contributed by atoms with Crippen molar-refractivity contribution in [2.24, 2.45) is 0 Å². The van der Waals surface area contributed by atoms with Crippen LogP contribution in [0, 0.1) is 6.92 Å². The minimum Gasteiger partial charge on any atom is -0.467 e. The summed E-state index contributed by atoms with van der Waals surface area (Å²) in [5.74, 6) is 0.846. The van der Waals surface area contributed by atoms with Crippen molar-refractivity contribution < 1.29 is 13.6 Å². The minimum atomic E-state index is -0.194. The predicted molar refractivity (Wildman–Crippen MR) is 105 cm³/mol. The molecule has 0 radical (unpaired) electrons. The van der Waals surface area contributed by atoms with Gasteiger partial charge in [-0.05, 0) is 36.8 Å². The molecule has 0 fully saturated rings. The summed E-state index contributed by atoms with van der Waals surface area (Å²) >= 11 is 6.31. The third-order valence-electron chi connectivity index (χ3n) is 4.57. The number of amides is 1. The number of carbonyl (C=O) groups excluding carboxylic acids is 1. The van der Waals surface area contributed by atoms with E-state index in [1.807, 2.05) is 61.5 Å². The summed E-state index contributed by atoms with van der Waals surface area (Å²) < 4.78 is 11.3. The Balaban J connectivity index is 1.71. The van der Waals surface area contributed by atoms with E-state index in [1.165, 1.54) is 0 Å². The number of fused-ring (bicyclic) bond motifs is 1. The Labute approximate surface area is 162 Å². The van der Waals surface area contributed by atoms with Crippen molar-refractivity contribution in [1.82, 2.24) is 4.90 Å². The van der Waals surface area contributed by atoms with E-state index >= 15 is 0 Å². The molecule has 0 N–H and O–H groups in total. The van der Waals surface area contributed by atoms with Crippen LogP contribution in [-0.2, 0) is 13.1 Å². The van der Waals surface area contributed by atoms with E-state index in [0.717, 1.165) is 16.5 Å². The van der Waals surface area contributed by atoms with Gasteiger partial charge in [-0.2, -0.15) is 0 Å². The maximum atomic E-state index is 13.3. The molecule has 2 aromatic heterocycles. The molecule has 0 aliphatic carbocycles. The molecule has 2 aromatic carbocycles. The fraction of sp³-hybridized carbons (Fsp3) is 0.136. The van der Waals surface area contributed by atoms with Gasteiger partial charge in [-0.25, -0.2) is 0 Å². The third-order valence-corrected chi connectivity index (χ3v) is 4.94. The molecule has 0 aliphatic heterocycles. The molecule has 5 heteroatoms. The molecule has 4 nitrogen and oxygen atoms in total. The van der Waals surface area contributed by atoms with Gasteiger partial charge in [0.2, 0.25) is 0 Å². The second kappa shape index (κ2) is 7.33. The zero-order valence-electron chi connectivity index (χ0n) is 14.8. The summed E-state index contributed by atoms with van der Waals surface area (Å²) in [6, 6.07) is 18.8. The lowest BCUT2D eigenvalue weighted by atomic mass is 10.1. The molecule has 0 saturated heterocycles. The van der Waals surface area contributed by atoms with Gasteiger partial charge in [-0.15, -0.1) is 0 Å². The number of furan rings is 2. The number of halogens is 1. The zero-order valence-corrected chi connectivity index (χ0v) is 15.6. The highest BCUT2D eigenvalue weighted by Gasteiger charge is 2.24. The third kappa shape index (κ3) is 3.49. The van der Waals surface area contributed by atoms with Gasteiger partial charge in [-0.1, -0.05) is 48.0 Å². The van der Waals surface area contributed by atoms with Crippen LogP contribution in [0.1, 0.15) is 27.4 Å². The van der Waals surface area contributed by atoms with Crippen molar-refractivity contribution in [2.45, 2.75) is 20.0 Å². The maximum Gasteiger partial charge on any atom is 0.290 e. The molecule has 0 spiro atoms. The molecule has 0 aliphatic rings. The molecule has 0 unspecified atom stereocenters. The lowest BCUT2D eigenvalue weighted by Gasteiger charge is -2.21. The molecule has 1 amide bonds. The fourth-order valence-corrected chi connectivity index (χ4v) is 3.34. The number of benzene rings is 2. The standard InChI is InChI=1S/C22H18ClNO3/c1-15-18-9-3-5-11-20(18)27-21(15)22(25)24(14-17-8-6-12-26-17)13-16-7-2-4-10-19(16)23/h2-12H,13-14H2,1H3. The topological polar surface area (TPSA) is 46.6 Å². The van der Waals surface area contributed by atoms with Crippen LogP contribution >= 0.6 is 11.6 Å². The Hall–Kier alpha value is -2.98. The second-order valence-corrected chi connectivity index (χ2v) is 6.79. The summed E-state index contributed by atoms with van der Waals surface area (Å²) in [6.45, 7) is 2.59. The first kappa shape index (κ1) is 17.4. The van der Waals surface area contributed by atoms with Crippen molar-refractivity contribution in [3.05, 3.63) is 94.6 Å². The molecule has 0 bridgehead atoms.